The Morgan fingerprint density at radius 1 is 1.29 bits per heavy atom. The first-order valence-electron chi connectivity index (χ1n) is 5.49. The van der Waals surface area contributed by atoms with Crippen molar-refractivity contribution in [1.29, 1.82) is 0 Å². The number of nitrogens with zero attached hydrogens (tertiary/aromatic N) is 2. The Hall–Kier alpha value is -2.30. The summed E-state index contributed by atoms with van der Waals surface area (Å²) in [4.78, 5) is 7.03. The first-order valence-corrected chi connectivity index (χ1v) is 5.49. The zero-order valence-electron chi connectivity index (χ0n) is 9.18. The van der Waals surface area contributed by atoms with Crippen molar-refractivity contribution in [2.75, 3.05) is 11.9 Å². The Balaban J connectivity index is 1.69. The first-order chi connectivity index (χ1) is 8.43. The molecule has 3 rings (SSSR count). The maximum absolute atomic E-state index is 5.20. The average molecular weight is 228 g/mol. The van der Waals surface area contributed by atoms with Crippen LogP contribution < -0.4 is 5.32 Å². The fourth-order valence-corrected chi connectivity index (χ4v) is 1.75. The fourth-order valence-electron chi connectivity index (χ4n) is 1.75. The van der Waals surface area contributed by atoms with Gasteiger partial charge in [0.2, 0.25) is 0 Å². The number of para-hydroxylation sites is 1. The van der Waals surface area contributed by atoms with Gasteiger partial charge >= 0.3 is 0 Å². The molecule has 0 aliphatic rings. The summed E-state index contributed by atoms with van der Waals surface area (Å²) >= 11 is 0. The molecule has 0 saturated carbocycles. The van der Waals surface area contributed by atoms with Crippen LogP contribution in [0, 0.1) is 0 Å². The maximum Gasteiger partial charge on any atom is 0.177 e. The Kier molecular flexibility index (Phi) is 2.50. The summed E-state index contributed by atoms with van der Waals surface area (Å²) in [7, 11) is 0. The van der Waals surface area contributed by atoms with Crippen LogP contribution in [0.1, 0.15) is 5.69 Å². The third-order valence-corrected chi connectivity index (χ3v) is 2.62. The lowest BCUT2D eigenvalue weighted by molar-refractivity contribution is 0.459. The number of anilines is 1. The quantitative estimate of drug-likeness (QED) is 0.718. The Labute approximate surface area is 97.8 Å². The summed E-state index contributed by atoms with van der Waals surface area (Å²) < 4.78 is 5.20. The fraction of sp³-hybridized carbons (Fsp3) is 0.167. The van der Waals surface area contributed by atoms with Gasteiger partial charge in [-0.2, -0.15) is 0 Å². The smallest absolute Gasteiger partial charge is 0.177 e. The molecular formula is C12H12N4O. The van der Waals surface area contributed by atoms with E-state index in [1.165, 1.54) is 0 Å². The molecule has 3 aromatic rings. The van der Waals surface area contributed by atoms with E-state index in [2.05, 4.69) is 20.4 Å². The molecule has 5 nitrogen and oxygen atoms in total. The van der Waals surface area contributed by atoms with Gasteiger partial charge in [0.15, 0.2) is 11.4 Å². The van der Waals surface area contributed by atoms with E-state index in [1.54, 1.807) is 6.33 Å². The summed E-state index contributed by atoms with van der Waals surface area (Å²) in [5.74, 6) is 0.792. The average Bonchev–Trinajstić information content (AvgIpc) is 2.99. The van der Waals surface area contributed by atoms with Crippen molar-refractivity contribution >= 4 is 16.8 Å². The summed E-state index contributed by atoms with van der Waals surface area (Å²) in [5.41, 5.74) is 1.90. The normalized spacial score (nSPS) is 10.8. The van der Waals surface area contributed by atoms with Crippen molar-refractivity contribution < 1.29 is 4.52 Å². The van der Waals surface area contributed by atoms with E-state index in [1.807, 2.05) is 30.5 Å². The Morgan fingerprint density at radius 3 is 3.12 bits per heavy atom. The Morgan fingerprint density at radius 2 is 2.24 bits per heavy atom. The molecule has 0 aliphatic heterocycles. The predicted octanol–water partition coefficient (Wildman–Crippen LogP) is 2.21. The maximum atomic E-state index is 5.20. The van der Waals surface area contributed by atoms with Crippen molar-refractivity contribution in [2.45, 2.75) is 6.42 Å². The highest BCUT2D eigenvalue weighted by atomic mass is 16.5. The minimum atomic E-state index is 0.790. The van der Waals surface area contributed by atoms with Crippen LogP contribution in [0.3, 0.4) is 0 Å². The summed E-state index contributed by atoms with van der Waals surface area (Å²) in [6.07, 6.45) is 4.38. The minimum Gasteiger partial charge on any atom is -0.366 e. The number of rotatable bonds is 4. The number of benzene rings is 1. The number of aromatic amines is 1. The minimum absolute atomic E-state index is 0.790. The van der Waals surface area contributed by atoms with Crippen LogP contribution in [0.5, 0.6) is 0 Å². The number of fused-ring (bicyclic) bond motifs is 1. The third-order valence-electron chi connectivity index (χ3n) is 2.62. The van der Waals surface area contributed by atoms with Crippen LogP contribution in [0.2, 0.25) is 0 Å². The lowest BCUT2D eigenvalue weighted by Crippen LogP contribution is -2.05. The van der Waals surface area contributed by atoms with Gasteiger partial charge in [-0.25, -0.2) is 4.98 Å². The molecule has 86 valence electrons. The summed E-state index contributed by atoms with van der Waals surface area (Å²) in [6, 6.07) is 7.80. The van der Waals surface area contributed by atoms with Gasteiger partial charge in [-0.05, 0) is 12.1 Å². The monoisotopic (exact) mass is 228 g/mol. The zero-order chi connectivity index (χ0) is 11.5. The van der Waals surface area contributed by atoms with Crippen molar-refractivity contribution in [1.82, 2.24) is 15.1 Å². The first kappa shape index (κ1) is 9.89. The molecule has 5 heteroatoms. The van der Waals surface area contributed by atoms with Crippen LogP contribution in [-0.2, 0) is 6.42 Å². The summed E-state index contributed by atoms with van der Waals surface area (Å²) in [6.45, 7) is 0.790. The van der Waals surface area contributed by atoms with Crippen LogP contribution in [0.25, 0.3) is 11.0 Å². The highest BCUT2D eigenvalue weighted by Crippen LogP contribution is 2.21. The van der Waals surface area contributed by atoms with Crippen molar-refractivity contribution in [3.8, 4) is 0 Å². The van der Waals surface area contributed by atoms with Crippen molar-refractivity contribution in [3.05, 3.63) is 42.5 Å². The zero-order valence-corrected chi connectivity index (χ0v) is 9.18. The Bertz CT molecular complexity index is 600. The number of imidazole rings is 1. The third kappa shape index (κ3) is 1.99. The second-order valence-electron chi connectivity index (χ2n) is 3.78. The van der Waals surface area contributed by atoms with Gasteiger partial charge in [-0.1, -0.05) is 17.3 Å². The van der Waals surface area contributed by atoms with E-state index in [-0.39, 0.29) is 0 Å². The van der Waals surface area contributed by atoms with Gasteiger partial charge in [0.25, 0.3) is 0 Å². The van der Waals surface area contributed by atoms with Gasteiger partial charge in [-0.3, -0.25) is 0 Å². The number of aromatic nitrogens is 3. The molecule has 2 heterocycles. The molecule has 1 aromatic carbocycles. The number of H-pyrrole nitrogens is 1. The highest BCUT2D eigenvalue weighted by molar-refractivity contribution is 5.87. The van der Waals surface area contributed by atoms with E-state index in [0.717, 1.165) is 35.4 Å². The largest absolute Gasteiger partial charge is 0.366 e. The molecular weight excluding hydrogens is 216 g/mol. The van der Waals surface area contributed by atoms with Crippen LogP contribution in [-0.4, -0.2) is 21.7 Å². The van der Waals surface area contributed by atoms with Crippen LogP contribution >= 0.6 is 0 Å². The lowest BCUT2D eigenvalue weighted by Gasteiger charge is -2.00. The van der Waals surface area contributed by atoms with E-state index in [0.29, 0.717) is 0 Å². The number of hydrogen-bond donors (Lipinski definition) is 2. The standard InChI is InChI=1S/C12H12N4O/c1-2-4-11-10(3-1)12(16-17-11)14-6-5-9-7-13-8-15-9/h1-4,7-8H,5-6H2,(H,13,15)(H,14,16). The van der Waals surface area contributed by atoms with Crippen molar-refractivity contribution in [3.63, 3.8) is 0 Å². The van der Waals surface area contributed by atoms with Gasteiger partial charge in [0.1, 0.15) is 0 Å². The molecule has 0 aliphatic carbocycles. The summed E-state index contributed by atoms with van der Waals surface area (Å²) in [5, 5.41) is 8.27. The molecule has 0 saturated heterocycles. The molecule has 0 radical (unpaired) electrons. The molecule has 0 amide bonds. The lowest BCUT2D eigenvalue weighted by atomic mass is 10.2. The second-order valence-corrected chi connectivity index (χ2v) is 3.78. The van der Waals surface area contributed by atoms with E-state index >= 15 is 0 Å². The molecule has 0 atom stereocenters. The van der Waals surface area contributed by atoms with Crippen LogP contribution in [0.4, 0.5) is 5.82 Å². The predicted molar refractivity (Wildman–Crippen MR) is 64.8 cm³/mol. The van der Waals surface area contributed by atoms with Gasteiger partial charge in [0, 0.05) is 24.9 Å². The van der Waals surface area contributed by atoms with Gasteiger partial charge in [-0.15, -0.1) is 0 Å². The molecule has 0 unspecified atom stereocenters. The number of nitrogens with one attached hydrogen (secondary N) is 2. The van der Waals surface area contributed by atoms with Gasteiger partial charge < -0.3 is 14.8 Å². The molecule has 2 N–H and O–H groups in total. The van der Waals surface area contributed by atoms with E-state index in [4.69, 9.17) is 4.52 Å². The topological polar surface area (TPSA) is 66.7 Å². The van der Waals surface area contributed by atoms with Crippen LogP contribution in [0.15, 0.2) is 41.3 Å². The molecule has 0 bridgehead atoms. The van der Waals surface area contributed by atoms with E-state index < -0.39 is 0 Å². The second kappa shape index (κ2) is 4.29. The molecule has 2 aromatic heterocycles. The van der Waals surface area contributed by atoms with Crippen molar-refractivity contribution in [2.24, 2.45) is 0 Å². The van der Waals surface area contributed by atoms with E-state index in [9.17, 15) is 0 Å². The highest BCUT2D eigenvalue weighted by Gasteiger charge is 2.05. The molecule has 0 fully saturated rings. The number of hydrogen-bond acceptors (Lipinski definition) is 4. The van der Waals surface area contributed by atoms with Gasteiger partial charge in [0.05, 0.1) is 11.7 Å². The molecule has 0 spiro atoms. The molecule has 17 heavy (non-hydrogen) atoms. The SMILES string of the molecule is c1ccc2c(NCCc3cnc[nH]3)noc2c1.